The van der Waals surface area contributed by atoms with Crippen LogP contribution in [0.3, 0.4) is 0 Å². The highest BCUT2D eigenvalue weighted by Crippen LogP contribution is 2.16. The molecule has 7 heteroatoms. The molecule has 0 spiro atoms. The summed E-state index contributed by atoms with van der Waals surface area (Å²) in [6.07, 6.45) is 1.43. The van der Waals surface area contributed by atoms with Crippen LogP contribution in [0, 0.1) is 0 Å². The highest BCUT2D eigenvalue weighted by molar-refractivity contribution is 5.93. The van der Waals surface area contributed by atoms with Gasteiger partial charge in [-0.05, 0) is 26.3 Å². The summed E-state index contributed by atoms with van der Waals surface area (Å²) in [4.78, 5) is 35.1. The summed E-state index contributed by atoms with van der Waals surface area (Å²) >= 11 is 0. The Labute approximate surface area is 105 Å². The maximum absolute atomic E-state index is 11.5. The average molecular weight is 258 g/mol. The highest BCUT2D eigenvalue weighted by atomic mass is 16.5. The Balaban J connectivity index is 2.46. The number of hydrogen-bond donors (Lipinski definition) is 2. The van der Waals surface area contributed by atoms with Gasteiger partial charge in [0.1, 0.15) is 6.04 Å². The zero-order valence-electron chi connectivity index (χ0n) is 10.3. The first-order valence-corrected chi connectivity index (χ1v) is 5.98. The second kappa shape index (κ2) is 6.95. The summed E-state index contributed by atoms with van der Waals surface area (Å²) in [6, 6.07) is -0.647. The lowest BCUT2D eigenvalue weighted by molar-refractivity contribution is -0.145. The number of carboxylic acids is 1. The first-order chi connectivity index (χ1) is 8.54. The van der Waals surface area contributed by atoms with Crippen molar-refractivity contribution in [2.24, 2.45) is 0 Å². The Bertz CT molecular complexity index is 331. The molecule has 1 atom stereocenters. The minimum absolute atomic E-state index is 0.101. The number of carbonyl (C=O) groups is 3. The van der Waals surface area contributed by atoms with Crippen molar-refractivity contribution in [2.45, 2.75) is 32.2 Å². The van der Waals surface area contributed by atoms with Gasteiger partial charge in [0, 0.05) is 0 Å². The van der Waals surface area contributed by atoms with Gasteiger partial charge in [-0.2, -0.15) is 0 Å². The molecule has 0 radical (unpaired) electrons. The van der Waals surface area contributed by atoms with Gasteiger partial charge in [-0.15, -0.1) is 0 Å². The van der Waals surface area contributed by atoms with E-state index in [4.69, 9.17) is 5.11 Å². The molecule has 0 saturated carbocycles. The lowest BCUT2D eigenvalue weighted by Crippen LogP contribution is -2.49. The molecule has 0 aromatic heterocycles. The van der Waals surface area contributed by atoms with Crippen molar-refractivity contribution in [1.29, 1.82) is 0 Å². The van der Waals surface area contributed by atoms with E-state index in [-0.39, 0.29) is 13.2 Å². The number of ether oxygens (including phenoxy) is 1. The summed E-state index contributed by atoms with van der Waals surface area (Å²) in [5, 5.41) is 11.1. The minimum atomic E-state index is -0.932. The zero-order chi connectivity index (χ0) is 13.5. The van der Waals surface area contributed by atoms with Crippen LogP contribution in [0.5, 0.6) is 0 Å². The van der Waals surface area contributed by atoms with Crippen LogP contribution >= 0.6 is 0 Å². The number of nitrogens with one attached hydrogen (secondary N) is 1. The van der Waals surface area contributed by atoms with Crippen molar-refractivity contribution in [2.75, 3.05) is 19.7 Å². The molecule has 0 aromatic rings. The number of carboxylic acid groups (broad SMARTS) is 1. The van der Waals surface area contributed by atoms with Crippen molar-refractivity contribution in [3.63, 3.8) is 0 Å². The molecule has 0 bridgehead atoms. The van der Waals surface area contributed by atoms with Crippen molar-refractivity contribution in [3.05, 3.63) is 0 Å². The van der Waals surface area contributed by atoms with Gasteiger partial charge in [-0.3, -0.25) is 19.8 Å². The van der Waals surface area contributed by atoms with Crippen LogP contribution in [-0.4, -0.2) is 53.7 Å². The predicted octanol–water partition coefficient (Wildman–Crippen LogP) is 0.198. The zero-order valence-corrected chi connectivity index (χ0v) is 10.3. The van der Waals surface area contributed by atoms with Crippen LogP contribution in [0.4, 0.5) is 4.79 Å². The highest BCUT2D eigenvalue weighted by Gasteiger charge is 2.29. The maximum Gasteiger partial charge on any atom is 0.413 e. The normalized spacial score (nSPS) is 20.2. The fourth-order valence-electron chi connectivity index (χ4n) is 1.96. The van der Waals surface area contributed by atoms with Crippen molar-refractivity contribution in [1.82, 2.24) is 10.2 Å². The third-order valence-corrected chi connectivity index (χ3v) is 2.76. The number of imide groups is 1. The molecule has 2 N–H and O–H groups in total. The van der Waals surface area contributed by atoms with E-state index in [0.717, 1.165) is 12.8 Å². The molecule has 1 unspecified atom stereocenters. The van der Waals surface area contributed by atoms with E-state index in [9.17, 15) is 14.4 Å². The Morgan fingerprint density at radius 2 is 2.11 bits per heavy atom. The van der Waals surface area contributed by atoms with Crippen LogP contribution in [0.15, 0.2) is 0 Å². The molecule has 1 heterocycles. The van der Waals surface area contributed by atoms with Crippen molar-refractivity contribution >= 4 is 18.0 Å². The second-order valence-corrected chi connectivity index (χ2v) is 4.09. The smallest absolute Gasteiger partial charge is 0.413 e. The van der Waals surface area contributed by atoms with Gasteiger partial charge >= 0.3 is 12.1 Å². The number of likely N-dealkylation sites (tertiary alicyclic amines) is 1. The number of aliphatic carboxylic acids is 1. The molecule has 18 heavy (non-hydrogen) atoms. The molecule has 1 aliphatic heterocycles. The van der Waals surface area contributed by atoms with Gasteiger partial charge in [0.2, 0.25) is 5.91 Å². The van der Waals surface area contributed by atoms with Gasteiger partial charge in [0.05, 0.1) is 13.2 Å². The maximum atomic E-state index is 11.5. The fourth-order valence-corrected chi connectivity index (χ4v) is 1.96. The summed E-state index contributed by atoms with van der Waals surface area (Å²) in [7, 11) is 0. The third kappa shape index (κ3) is 4.33. The molecular formula is C11H18N2O5. The van der Waals surface area contributed by atoms with Crippen LogP contribution in [0.2, 0.25) is 0 Å². The van der Waals surface area contributed by atoms with E-state index >= 15 is 0 Å². The lowest BCUT2D eigenvalue weighted by atomic mass is 10.0. The molecule has 1 fully saturated rings. The summed E-state index contributed by atoms with van der Waals surface area (Å²) in [6.45, 7) is 2.26. The van der Waals surface area contributed by atoms with E-state index in [1.165, 1.54) is 0 Å². The molecule has 7 nitrogen and oxygen atoms in total. The Morgan fingerprint density at radius 3 is 2.72 bits per heavy atom. The number of amides is 2. The van der Waals surface area contributed by atoms with Crippen LogP contribution in [0.25, 0.3) is 0 Å². The number of piperidine rings is 1. The minimum Gasteiger partial charge on any atom is -0.480 e. The Hall–Kier alpha value is -1.63. The van der Waals surface area contributed by atoms with E-state index in [0.29, 0.717) is 13.0 Å². The van der Waals surface area contributed by atoms with Crippen molar-refractivity contribution in [3.8, 4) is 0 Å². The number of carbonyl (C=O) groups excluding carboxylic acids is 2. The molecule has 0 aliphatic carbocycles. The molecule has 1 saturated heterocycles. The number of rotatable bonds is 4. The first kappa shape index (κ1) is 14.4. The molecule has 0 aromatic carbocycles. The standard InChI is InChI=1S/C11H18N2O5/c1-2-18-11(17)12-9(14)7-13-6-4-3-5-8(13)10(15)16/h8H,2-7H2,1H3,(H,15,16)(H,12,14,17). The van der Waals surface area contributed by atoms with E-state index in [1.54, 1.807) is 11.8 Å². The van der Waals surface area contributed by atoms with Gasteiger partial charge in [0.15, 0.2) is 0 Å². The van der Waals surface area contributed by atoms with Gasteiger partial charge in [-0.1, -0.05) is 6.42 Å². The van der Waals surface area contributed by atoms with Crippen LogP contribution in [0.1, 0.15) is 26.2 Å². The topological polar surface area (TPSA) is 95.9 Å². The Kier molecular flexibility index (Phi) is 5.57. The number of alkyl carbamates (subject to hydrolysis) is 1. The molecular weight excluding hydrogens is 240 g/mol. The van der Waals surface area contributed by atoms with E-state index < -0.39 is 24.0 Å². The first-order valence-electron chi connectivity index (χ1n) is 5.98. The van der Waals surface area contributed by atoms with Crippen molar-refractivity contribution < 1.29 is 24.2 Å². The lowest BCUT2D eigenvalue weighted by Gasteiger charge is -2.31. The summed E-state index contributed by atoms with van der Waals surface area (Å²) in [5.74, 6) is -1.47. The third-order valence-electron chi connectivity index (χ3n) is 2.76. The molecule has 2 amide bonds. The molecule has 102 valence electrons. The largest absolute Gasteiger partial charge is 0.480 e. The summed E-state index contributed by atoms with van der Waals surface area (Å²) in [5.41, 5.74) is 0. The van der Waals surface area contributed by atoms with E-state index in [2.05, 4.69) is 10.1 Å². The fraction of sp³-hybridized carbons (Fsp3) is 0.727. The summed E-state index contributed by atoms with van der Waals surface area (Å²) < 4.78 is 4.57. The van der Waals surface area contributed by atoms with Crippen LogP contribution in [-0.2, 0) is 14.3 Å². The van der Waals surface area contributed by atoms with E-state index in [1.807, 2.05) is 0 Å². The van der Waals surface area contributed by atoms with Gasteiger partial charge < -0.3 is 9.84 Å². The molecule has 1 aliphatic rings. The SMILES string of the molecule is CCOC(=O)NC(=O)CN1CCCCC1C(=O)O. The van der Waals surface area contributed by atoms with Crippen LogP contribution < -0.4 is 5.32 Å². The second-order valence-electron chi connectivity index (χ2n) is 4.09. The van der Waals surface area contributed by atoms with Gasteiger partial charge in [0.25, 0.3) is 0 Å². The van der Waals surface area contributed by atoms with Gasteiger partial charge in [-0.25, -0.2) is 4.79 Å². The molecule has 1 rings (SSSR count). The Morgan fingerprint density at radius 1 is 1.39 bits per heavy atom. The quantitative estimate of drug-likeness (QED) is 0.747. The predicted molar refractivity (Wildman–Crippen MR) is 62.0 cm³/mol. The number of hydrogen-bond acceptors (Lipinski definition) is 5. The monoisotopic (exact) mass is 258 g/mol. The average Bonchev–Trinajstić information content (AvgIpc) is 2.29. The number of nitrogens with zero attached hydrogens (tertiary/aromatic N) is 1.